The maximum Gasteiger partial charge on any atom is 0.0644 e. The second-order valence-corrected chi connectivity index (χ2v) is 10.5. The molecule has 3 nitrogen and oxygen atoms in total. The van der Waals surface area contributed by atoms with E-state index in [4.69, 9.17) is 9.47 Å². The summed E-state index contributed by atoms with van der Waals surface area (Å²) in [5.74, 6) is 0. The first-order valence-electron chi connectivity index (χ1n) is 15.2. The molecule has 0 spiro atoms. The summed E-state index contributed by atoms with van der Waals surface area (Å²) in [7, 11) is 4.26. The van der Waals surface area contributed by atoms with Gasteiger partial charge in [0.2, 0.25) is 0 Å². The number of hydrogen-bond donors (Lipinski definition) is 0. The topological polar surface area (TPSA) is 21.7 Å². The molecule has 0 fully saturated rings. The summed E-state index contributed by atoms with van der Waals surface area (Å²) in [5.41, 5.74) is 0. The first-order chi connectivity index (χ1) is 16.7. The Balaban J connectivity index is 3.40. The molecule has 0 saturated heterocycles. The first-order valence-corrected chi connectivity index (χ1v) is 15.2. The minimum atomic E-state index is 0.370. The first kappa shape index (κ1) is 33.6. The molecule has 1 unspecified atom stereocenters. The molecule has 0 aromatic rings. The Hall–Kier alpha value is -0.380. The van der Waals surface area contributed by atoms with Crippen molar-refractivity contribution < 1.29 is 9.47 Å². The Kier molecular flexibility index (Phi) is 28.5. The van der Waals surface area contributed by atoms with Gasteiger partial charge < -0.3 is 14.4 Å². The summed E-state index contributed by atoms with van der Waals surface area (Å²) in [5, 5.41) is 0. The highest BCUT2D eigenvalue weighted by atomic mass is 16.5. The van der Waals surface area contributed by atoms with Gasteiger partial charge in [-0.25, -0.2) is 0 Å². The summed E-state index contributed by atoms with van der Waals surface area (Å²) in [6.07, 6.45) is 31.7. The van der Waals surface area contributed by atoms with Crippen molar-refractivity contribution in [1.29, 1.82) is 0 Å². The van der Waals surface area contributed by atoms with E-state index < -0.39 is 0 Å². The van der Waals surface area contributed by atoms with Gasteiger partial charge in [-0.05, 0) is 52.6 Å². The highest BCUT2D eigenvalue weighted by Crippen LogP contribution is 2.10. The van der Waals surface area contributed by atoms with Crippen LogP contribution in [0.4, 0.5) is 0 Å². The van der Waals surface area contributed by atoms with E-state index >= 15 is 0 Å². The van der Waals surface area contributed by atoms with E-state index in [0.717, 1.165) is 26.4 Å². The largest absolute Gasteiger partial charge is 0.380 e. The SMILES string of the molecule is CCCCCCCC/C=C\CCCCCCCCOCC(COCCCCCCCC)N(C)C. The van der Waals surface area contributed by atoms with Crippen LogP contribution in [0.15, 0.2) is 12.2 Å². The Morgan fingerprint density at radius 1 is 0.500 bits per heavy atom. The van der Waals surface area contributed by atoms with Crippen molar-refractivity contribution in [3.8, 4) is 0 Å². The second-order valence-electron chi connectivity index (χ2n) is 10.5. The fraction of sp³-hybridized carbons (Fsp3) is 0.935. The third kappa shape index (κ3) is 26.2. The third-order valence-electron chi connectivity index (χ3n) is 6.79. The van der Waals surface area contributed by atoms with E-state index in [0.29, 0.717) is 6.04 Å². The molecule has 0 aromatic heterocycles. The zero-order valence-electron chi connectivity index (χ0n) is 24.0. The average Bonchev–Trinajstić information content (AvgIpc) is 2.83. The monoisotopic (exact) mass is 481 g/mol. The molecular formula is C31H63NO2. The minimum Gasteiger partial charge on any atom is -0.380 e. The smallest absolute Gasteiger partial charge is 0.0644 e. The molecule has 3 heteroatoms. The lowest BCUT2D eigenvalue weighted by Gasteiger charge is -2.24. The van der Waals surface area contributed by atoms with Gasteiger partial charge in [0.1, 0.15) is 0 Å². The Bertz CT molecular complexity index is 397. The van der Waals surface area contributed by atoms with Crippen molar-refractivity contribution in [2.24, 2.45) is 0 Å². The van der Waals surface area contributed by atoms with E-state index in [1.807, 2.05) is 0 Å². The van der Waals surface area contributed by atoms with Crippen molar-refractivity contribution >= 4 is 0 Å². The van der Waals surface area contributed by atoms with Gasteiger partial charge in [0.25, 0.3) is 0 Å². The van der Waals surface area contributed by atoms with Crippen LogP contribution in [-0.4, -0.2) is 51.5 Å². The quantitative estimate of drug-likeness (QED) is 0.0820. The molecule has 0 radical (unpaired) electrons. The second kappa shape index (κ2) is 28.9. The van der Waals surface area contributed by atoms with Crippen LogP contribution >= 0.6 is 0 Å². The van der Waals surface area contributed by atoms with Crippen LogP contribution in [0.25, 0.3) is 0 Å². The highest BCUT2D eigenvalue weighted by Gasteiger charge is 2.11. The zero-order chi connectivity index (χ0) is 25.0. The fourth-order valence-electron chi connectivity index (χ4n) is 4.22. The van der Waals surface area contributed by atoms with Gasteiger partial charge in [-0.15, -0.1) is 0 Å². The summed E-state index contributed by atoms with van der Waals surface area (Å²) in [6.45, 7) is 7.91. The zero-order valence-corrected chi connectivity index (χ0v) is 24.0. The number of ether oxygens (including phenoxy) is 2. The number of allylic oxidation sites excluding steroid dienone is 2. The van der Waals surface area contributed by atoms with Gasteiger partial charge in [-0.1, -0.05) is 116 Å². The highest BCUT2D eigenvalue weighted by molar-refractivity contribution is 4.81. The van der Waals surface area contributed by atoms with Gasteiger partial charge in [-0.3, -0.25) is 0 Å². The molecule has 0 saturated carbocycles. The Labute approximate surface area is 215 Å². The van der Waals surface area contributed by atoms with Crippen LogP contribution in [0.2, 0.25) is 0 Å². The molecule has 34 heavy (non-hydrogen) atoms. The molecule has 0 rings (SSSR count). The summed E-state index contributed by atoms with van der Waals surface area (Å²) in [6, 6.07) is 0.370. The van der Waals surface area contributed by atoms with E-state index in [2.05, 4.69) is 45.0 Å². The van der Waals surface area contributed by atoms with Gasteiger partial charge in [0.15, 0.2) is 0 Å². The lowest BCUT2D eigenvalue weighted by atomic mass is 10.1. The summed E-state index contributed by atoms with van der Waals surface area (Å²) >= 11 is 0. The lowest BCUT2D eigenvalue weighted by Crippen LogP contribution is -2.37. The molecule has 0 bridgehead atoms. The van der Waals surface area contributed by atoms with Crippen molar-refractivity contribution in [3.63, 3.8) is 0 Å². The van der Waals surface area contributed by atoms with Crippen LogP contribution in [-0.2, 0) is 9.47 Å². The summed E-state index contributed by atoms with van der Waals surface area (Å²) in [4.78, 5) is 2.24. The van der Waals surface area contributed by atoms with Crippen LogP contribution < -0.4 is 0 Å². The van der Waals surface area contributed by atoms with Crippen molar-refractivity contribution in [1.82, 2.24) is 4.90 Å². The molecule has 0 heterocycles. The van der Waals surface area contributed by atoms with Crippen molar-refractivity contribution in [2.45, 2.75) is 148 Å². The number of hydrogen-bond acceptors (Lipinski definition) is 3. The molecule has 0 aliphatic rings. The van der Waals surface area contributed by atoms with Crippen LogP contribution in [0, 0.1) is 0 Å². The van der Waals surface area contributed by atoms with Crippen molar-refractivity contribution in [3.05, 3.63) is 12.2 Å². The van der Waals surface area contributed by atoms with Crippen LogP contribution in [0.3, 0.4) is 0 Å². The minimum absolute atomic E-state index is 0.370. The molecule has 0 aliphatic heterocycles. The van der Waals surface area contributed by atoms with Gasteiger partial charge >= 0.3 is 0 Å². The van der Waals surface area contributed by atoms with E-state index in [-0.39, 0.29) is 0 Å². The number of likely N-dealkylation sites (N-methyl/N-ethyl adjacent to an activating group) is 1. The Morgan fingerprint density at radius 2 is 0.853 bits per heavy atom. The standard InChI is InChI=1S/C31H63NO2/c1-5-7-9-11-13-14-15-16-17-18-19-20-21-22-24-26-28-34-30-31(32(3)4)29-33-27-25-23-12-10-8-6-2/h16-17,31H,5-15,18-30H2,1-4H3/b17-16-. The molecule has 0 amide bonds. The molecule has 0 N–H and O–H groups in total. The summed E-state index contributed by atoms with van der Waals surface area (Å²) < 4.78 is 11.9. The normalized spacial score (nSPS) is 12.9. The van der Waals surface area contributed by atoms with E-state index in [9.17, 15) is 0 Å². The maximum absolute atomic E-state index is 5.97. The van der Waals surface area contributed by atoms with Crippen molar-refractivity contribution in [2.75, 3.05) is 40.5 Å². The Morgan fingerprint density at radius 3 is 1.24 bits per heavy atom. The predicted molar refractivity (Wildman–Crippen MR) is 152 cm³/mol. The predicted octanol–water partition coefficient (Wildman–Crippen LogP) is 9.35. The number of unbranched alkanes of at least 4 members (excludes halogenated alkanes) is 17. The molecular weight excluding hydrogens is 418 g/mol. The molecule has 1 atom stereocenters. The third-order valence-corrected chi connectivity index (χ3v) is 6.79. The average molecular weight is 482 g/mol. The van der Waals surface area contributed by atoms with E-state index in [1.54, 1.807) is 0 Å². The maximum atomic E-state index is 5.97. The van der Waals surface area contributed by atoms with Crippen LogP contribution in [0.5, 0.6) is 0 Å². The van der Waals surface area contributed by atoms with Gasteiger partial charge in [-0.2, -0.15) is 0 Å². The molecule has 0 aliphatic carbocycles. The fourth-order valence-corrected chi connectivity index (χ4v) is 4.22. The molecule has 0 aromatic carbocycles. The number of nitrogens with zero attached hydrogens (tertiary/aromatic N) is 1. The van der Waals surface area contributed by atoms with Crippen LogP contribution in [0.1, 0.15) is 142 Å². The number of rotatable bonds is 28. The van der Waals surface area contributed by atoms with E-state index in [1.165, 1.54) is 128 Å². The van der Waals surface area contributed by atoms with Gasteiger partial charge in [0.05, 0.1) is 19.3 Å². The lowest BCUT2D eigenvalue weighted by molar-refractivity contribution is 0.0197. The van der Waals surface area contributed by atoms with Gasteiger partial charge in [0, 0.05) is 13.2 Å². The molecule has 204 valence electrons.